The van der Waals surface area contributed by atoms with E-state index in [-0.39, 0.29) is 6.10 Å². The molecule has 4 heteroatoms. The first-order chi connectivity index (χ1) is 9.33. The zero-order valence-corrected chi connectivity index (χ0v) is 11.2. The van der Waals surface area contributed by atoms with E-state index < -0.39 is 0 Å². The van der Waals surface area contributed by atoms with Gasteiger partial charge in [0.25, 0.3) is 0 Å². The Hall–Kier alpha value is -1.10. The van der Waals surface area contributed by atoms with E-state index in [0.29, 0.717) is 18.8 Å². The van der Waals surface area contributed by atoms with Crippen molar-refractivity contribution in [2.24, 2.45) is 0 Å². The van der Waals surface area contributed by atoms with Gasteiger partial charge >= 0.3 is 0 Å². The molecule has 1 aromatic carbocycles. The van der Waals surface area contributed by atoms with Crippen LogP contribution in [-0.4, -0.2) is 38.6 Å². The predicted molar refractivity (Wildman–Crippen MR) is 70.3 cm³/mol. The molecule has 19 heavy (non-hydrogen) atoms. The van der Waals surface area contributed by atoms with Crippen LogP contribution in [0.25, 0.3) is 0 Å². The molecule has 0 unspecified atom stereocenters. The molecule has 0 N–H and O–H groups in total. The van der Waals surface area contributed by atoms with Crippen molar-refractivity contribution >= 4 is 0 Å². The number of rotatable bonds is 8. The average Bonchev–Trinajstić information content (AvgIpc) is 3.32. The Morgan fingerprint density at radius 2 is 1.68 bits per heavy atom. The molecule has 2 atom stereocenters. The van der Waals surface area contributed by atoms with Crippen LogP contribution in [0.3, 0.4) is 0 Å². The molecule has 0 radical (unpaired) electrons. The summed E-state index contributed by atoms with van der Waals surface area (Å²) in [5.74, 6) is 0.873. The van der Waals surface area contributed by atoms with Gasteiger partial charge in [0.1, 0.15) is 5.75 Å². The van der Waals surface area contributed by atoms with Gasteiger partial charge in [-0.15, -0.1) is 0 Å². The van der Waals surface area contributed by atoms with Gasteiger partial charge in [-0.3, -0.25) is 0 Å². The third-order valence-corrected chi connectivity index (χ3v) is 3.50. The maximum atomic E-state index is 6.00. The lowest BCUT2D eigenvalue weighted by Crippen LogP contribution is -2.18. The fraction of sp³-hybridized carbons (Fsp3) is 0.600. The van der Waals surface area contributed by atoms with Crippen molar-refractivity contribution in [1.82, 2.24) is 0 Å². The predicted octanol–water partition coefficient (Wildman–Crippen LogP) is 2.16. The Bertz CT molecular complexity index is 381. The Balaban J connectivity index is 1.48. The molecule has 0 aliphatic carbocycles. The summed E-state index contributed by atoms with van der Waals surface area (Å²) in [6, 6.07) is 8.00. The van der Waals surface area contributed by atoms with Crippen LogP contribution >= 0.6 is 0 Å². The van der Waals surface area contributed by atoms with E-state index in [4.69, 9.17) is 18.9 Å². The third-order valence-electron chi connectivity index (χ3n) is 3.50. The van der Waals surface area contributed by atoms with E-state index in [2.05, 4.69) is 0 Å². The number of hydrogen-bond acceptors (Lipinski definition) is 4. The van der Waals surface area contributed by atoms with Crippen LogP contribution in [0.2, 0.25) is 0 Å². The smallest absolute Gasteiger partial charge is 0.118 e. The van der Waals surface area contributed by atoms with Crippen molar-refractivity contribution in [3.05, 3.63) is 29.8 Å². The van der Waals surface area contributed by atoms with Crippen LogP contribution < -0.4 is 4.74 Å². The van der Waals surface area contributed by atoms with Crippen molar-refractivity contribution in [3.8, 4) is 5.75 Å². The molecule has 2 saturated heterocycles. The van der Waals surface area contributed by atoms with Crippen LogP contribution in [0.1, 0.15) is 18.4 Å². The molecule has 2 aliphatic rings. The van der Waals surface area contributed by atoms with E-state index in [9.17, 15) is 0 Å². The lowest BCUT2D eigenvalue weighted by atomic mass is 10.1. The van der Waals surface area contributed by atoms with Crippen LogP contribution in [0.4, 0.5) is 0 Å². The molecule has 1 aromatic rings. The zero-order chi connectivity index (χ0) is 13.1. The van der Waals surface area contributed by atoms with E-state index in [1.165, 1.54) is 5.56 Å². The Labute approximate surface area is 113 Å². The Morgan fingerprint density at radius 3 is 2.16 bits per heavy atom. The largest absolute Gasteiger partial charge is 0.497 e. The van der Waals surface area contributed by atoms with E-state index in [0.717, 1.165) is 31.8 Å². The van der Waals surface area contributed by atoms with Crippen LogP contribution in [0.15, 0.2) is 24.3 Å². The lowest BCUT2D eigenvalue weighted by molar-refractivity contribution is 0.0202. The van der Waals surface area contributed by atoms with Crippen molar-refractivity contribution in [2.75, 3.05) is 20.3 Å². The van der Waals surface area contributed by atoms with Gasteiger partial charge in [-0.25, -0.2) is 0 Å². The minimum absolute atomic E-state index is 0.238. The molecule has 0 spiro atoms. The van der Waals surface area contributed by atoms with Crippen molar-refractivity contribution in [2.45, 2.75) is 37.8 Å². The van der Waals surface area contributed by atoms with Crippen LogP contribution in [0, 0.1) is 0 Å². The maximum Gasteiger partial charge on any atom is 0.118 e. The van der Waals surface area contributed by atoms with Gasteiger partial charge in [-0.2, -0.15) is 0 Å². The minimum atomic E-state index is 0.238. The van der Waals surface area contributed by atoms with E-state index in [1.54, 1.807) is 7.11 Å². The molecule has 2 heterocycles. The van der Waals surface area contributed by atoms with E-state index >= 15 is 0 Å². The SMILES string of the molecule is COc1ccc(COC(C[C@@H]2CO2)C[C@@H]2CO2)cc1. The molecule has 4 nitrogen and oxygen atoms in total. The molecule has 3 rings (SSSR count). The van der Waals surface area contributed by atoms with Gasteiger partial charge in [0.2, 0.25) is 0 Å². The lowest BCUT2D eigenvalue weighted by Gasteiger charge is -2.16. The molecule has 0 bridgehead atoms. The third kappa shape index (κ3) is 4.20. The summed E-state index contributed by atoms with van der Waals surface area (Å²) in [5, 5.41) is 0. The Morgan fingerprint density at radius 1 is 1.11 bits per heavy atom. The fourth-order valence-corrected chi connectivity index (χ4v) is 2.16. The van der Waals surface area contributed by atoms with Gasteiger partial charge in [0, 0.05) is 12.8 Å². The van der Waals surface area contributed by atoms with Crippen molar-refractivity contribution in [1.29, 1.82) is 0 Å². The van der Waals surface area contributed by atoms with Gasteiger partial charge in [-0.1, -0.05) is 12.1 Å². The molecule has 0 saturated carbocycles. The molecule has 2 aliphatic heterocycles. The van der Waals surface area contributed by atoms with Gasteiger partial charge < -0.3 is 18.9 Å². The summed E-state index contributed by atoms with van der Waals surface area (Å²) in [6.45, 7) is 2.40. The highest BCUT2D eigenvalue weighted by molar-refractivity contribution is 5.26. The summed E-state index contributed by atoms with van der Waals surface area (Å²) in [4.78, 5) is 0. The summed E-state index contributed by atoms with van der Waals surface area (Å²) in [5.41, 5.74) is 1.17. The Kier molecular flexibility index (Phi) is 4.01. The van der Waals surface area contributed by atoms with E-state index in [1.807, 2.05) is 24.3 Å². The highest BCUT2D eigenvalue weighted by Crippen LogP contribution is 2.25. The molecule has 0 aromatic heterocycles. The fourth-order valence-electron chi connectivity index (χ4n) is 2.16. The number of hydrogen-bond donors (Lipinski definition) is 0. The summed E-state index contributed by atoms with van der Waals surface area (Å²) >= 11 is 0. The second-order valence-electron chi connectivity index (χ2n) is 5.16. The molecular formula is C15H20O4. The minimum Gasteiger partial charge on any atom is -0.497 e. The maximum absolute atomic E-state index is 6.00. The van der Waals surface area contributed by atoms with Crippen molar-refractivity contribution < 1.29 is 18.9 Å². The average molecular weight is 264 g/mol. The van der Waals surface area contributed by atoms with Gasteiger partial charge in [0.05, 0.1) is 45.2 Å². The molecule has 2 fully saturated rings. The van der Waals surface area contributed by atoms with Crippen LogP contribution in [0.5, 0.6) is 5.75 Å². The highest BCUT2D eigenvalue weighted by atomic mass is 16.6. The highest BCUT2D eigenvalue weighted by Gasteiger charge is 2.32. The number of methoxy groups -OCH3 is 1. The molecular weight excluding hydrogens is 244 g/mol. The monoisotopic (exact) mass is 264 g/mol. The molecule has 104 valence electrons. The standard InChI is InChI=1S/C15H20O4/c1-16-12-4-2-11(3-5-12)8-17-13(6-14-9-18-14)7-15-10-19-15/h2-5,13-15H,6-10H2,1H3/t14-,15-/m1/s1. The van der Waals surface area contributed by atoms with Crippen LogP contribution in [-0.2, 0) is 20.8 Å². The van der Waals surface area contributed by atoms with Gasteiger partial charge in [-0.05, 0) is 17.7 Å². The normalized spacial score (nSPS) is 24.5. The zero-order valence-electron chi connectivity index (χ0n) is 11.2. The number of epoxide rings is 2. The first-order valence-electron chi connectivity index (χ1n) is 6.81. The molecule has 0 amide bonds. The van der Waals surface area contributed by atoms with Gasteiger partial charge in [0.15, 0.2) is 0 Å². The topological polar surface area (TPSA) is 43.5 Å². The first-order valence-corrected chi connectivity index (χ1v) is 6.81. The first kappa shape index (κ1) is 12.9. The number of benzene rings is 1. The second-order valence-corrected chi connectivity index (χ2v) is 5.16. The number of ether oxygens (including phenoxy) is 4. The quantitative estimate of drug-likeness (QED) is 0.675. The summed E-state index contributed by atoms with van der Waals surface area (Å²) in [7, 11) is 1.67. The summed E-state index contributed by atoms with van der Waals surface area (Å²) < 4.78 is 21.7. The summed E-state index contributed by atoms with van der Waals surface area (Å²) in [6.07, 6.45) is 3.01. The second kappa shape index (κ2) is 5.90. The van der Waals surface area contributed by atoms with Crippen molar-refractivity contribution in [3.63, 3.8) is 0 Å².